The molecule has 0 radical (unpaired) electrons. The number of imidazole rings is 1. The largest absolute Gasteiger partial charge is 0.488 e. The van der Waals surface area contributed by atoms with Gasteiger partial charge < -0.3 is 14.8 Å². The molecular formula is C28H25F2N9O2. The van der Waals surface area contributed by atoms with Crippen molar-refractivity contribution in [3.63, 3.8) is 0 Å². The average Bonchev–Trinajstić information content (AvgIpc) is 3.57. The van der Waals surface area contributed by atoms with Gasteiger partial charge in [0.2, 0.25) is 0 Å². The smallest absolute Gasteiger partial charge is 0.267 e. The number of pyridine rings is 1. The summed E-state index contributed by atoms with van der Waals surface area (Å²) in [5.74, 6) is 1.40. The van der Waals surface area contributed by atoms with E-state index in [1.807, 2.05) is 37.3 Å². The molecule has 0 aliphatic carbocycles. The second-order valence-electron chi connectivity index (χ2n) is 9.64. The highest BCUT2D eigenvalue weighted by Crippen LogP contribution is 2.35. The van der Waals surface area contributed by atoms with E-state index in [9.17, 15) is 14.0 Å². The maximum absolute atomic E-state index is 14.0. The number of halogens is 2. The first kappa shape index (κ1) is 26.3. The molecule has 1 N–H and O–H groups in total. The molecule has 1 aliphatic rings. The molecule has 0 unspecified atom stereocenters. The molecule has 0 saturated carbocycles. The number of aromatic nitrogens is 7. The van der Waals surface area contributed by atoms with Crippen LogP contribution < -0.4 is 10.1 Å². The molecule has 0 amide bonds. The SMILES string of the molecule is Cc1ccc(Nc2cc3ncn(-c4ccc(C(F)F)c(-n5nc(C#N)cc5C)n4)c3cc2OC2CCOCC2)nn1. The van der Waals surface area contributed by atoms with Crippen molar-refractivity contribution in [3.8, 4) is 23.5 Å². The second-order valence-corrected chi connectivity index (χ2v) is 9.64. The van der Waals surface area contributed by atoms with Crippen LogP contribution >= 0.6 is 0 Å². The fraction of sp³-hybridized carbons (Fsp3) is 0.286. The lowest BCUT2D eigenvalue weighted by molar-refractivity contribution is 0.0259. The fourth-order valence-corrected chi connectivity index (χ4v) is 4.66. The summed E-state index contributed by atoms with van der Waals surface area (Å²) in [7, 11) is 0. The van der Waals surface area contributed by atoms with Crippen molar-refractivity contribution in [3.05, 3.63) is 71.4 Å². The van der Waals surface area contributed by atoms with Gasteiger partial charge in [-0.05, 0) is 50.2 Å². The van der Waals surface area contributed by atoms with Gasteiger partial charge >= 0.3 is 0 Å². The summed E-state index contributed by atoms with van der Waals surface area (Å²) in [5.41, 5.74) is 3.04. The van der Waals surface area contributed by atoms with Crippen LogP contribution in [0.4, 0.5) is 20.3 Å². The third kappa shape index (κ3) is 5.29. The number of fused-ring (bicyclic) bond motifs is 1. The number of aryl methyl sites for hydroxylation is 2. The highest BCUT2D eigenvalue weighted by Gasteiger charge is 2.22. The van der Waals surface area contributed by atoms with Crippen LogP contribution in [0, 0.1) is 25.2 Å². The molecule has 1 aliphatic heterocycles. The Morgan fingerprint density at radius 1 is 1.10 bits per heavy atom. The van der Waals surface area contributed by atoms with Crippen molar-refractivity contribution in [2.24, 2.45) is 0 Å². The Kier molecular flexibility index (Phi) is 6.98. The minimum atomic E-state index is -2.79. The summed E-state index contributed by atoms with van der Waals surface area (Å²) in [6.07, 6.45) is 0.222. The van der Waals surface area contributed by atoms with Crippen molar-refractivity contribution < 1.29 is 18.3 Å². The maximum Gasteiger partial charge on any atom is 0.267 e. The van der Waals surface area contributed by atoms with Crippen molar-refractivity contribution in [2.75, 3.05) is 18.5 Å². The molecule has 4 aromatic heterocycles. The van der Waals surface area contributed by atoms with Crippen molar-refractivity contribution >= 4 is 22.5 Å². The number of nitrogens with zero attached hydrogens (tertiary/aromatic N) is 8. The topological polar surface area (TPSA) is 129 Å². The standard InChI is InChI=1S/C28H25F2N9O2/c1-16-3-5-25(36-35-16)33-22-12-21-23(13-24(22)41-19-7-9-40-10-8-19)38(15-32-21)26-6-4-20(27(29)30)28(34-26)39-17(2)11-18(14-31)37-39/h3-6,11-13,15,19,27H,7-10H2,1-2H3,(H,33,36). The Labute approximate surface area is 233 Å². The summed E-state index contributed by atoms with van der Waals surface area (Å²) in [6, 6.07) is 13.6. The Morgan fingerprint density at radius 3 is 2.63 bits per heavy atom. The van der Waals surface area contributed by atoms with Crippen molar-refractivity contribution in [1.82, 2.24) is 34.5 Å². The van der Waals surface area contributed by atoms with Crippen LogP contribution in [-0.4, -0.2) is 53.8 Å². The first-order valence-electron chi connectivity index (χ1n) is 13.0. The molecule has 1 aromatic carbocycles. The summed E-state index contributed by atoms with van der Waals surface area (Å²) >= 11 is 0. The second kappa shape index (κ2) is 10.9. The number of benzene rings is 1. The van der Waals surface area contributed by atoms with Crippen LogP contribution in [-0.2, 0) is 4.74 Å². The molecule has 0 spiro atoms. The molecule has 5 heterocycles. The van der Waals surface area contributed by atoms with Crippen molar-refractivity contribution in [1.29, 1.82) is 5.26 Å². The van der Waals surface area contributed by atoms with Gasteiger partial charge in [0.05, 0.1) is 41.2 Å². The molecule has 5 aromatic rings. The zero-order chi connectivity index (χ0) is 28.5. The predicted octanol–water partition coefficient (Wildman–Crippen LogP) is 5.12. The molecule has 208 valence electrons. The Hall–Kier alpha value is -4.96. The number of ether oxygens (including phenoxy) is 2. The molecule has 13 heteroatoms. The number of anilines is 2. The van der Waals surface area contributed by atoms with E-state index in [1.165, 1.54) is 22.9 Å². The van der Waals surface area contributed by atoms with Gasteiger partial charge in [-0.3, -0.25) is 4.57 Å². The van der Waals surface area contributed by atoms with Crippen LogP contribution in [0.3, 0.4) is 0 Å². The molecular weight excluding hydrogens is 532 g/mol. The zero-order valence-electron chi connectivity index (χ0n) is 22.3. The van der Waals surface area contributed by atoms with E-state index in [1.54, 1.807) is 17.8 Å². The summed E-state index contributed by atoms with van der Waals surface area (Å²) in [4.78, 5) is 9.10. The Bertz CT molecular complexity index is 1750. The van der Waals surface area contributed by atoms with Crippen molar-refractivity contribution in [2.45, 2.75) is 39.2 Å². The fourth-order valence-electron chi connectivity index (χ4n) is 4.66. The van der Waals surface area contributed by atoms with Crippen LogP contribution in [0.1, 0.15) is 41.9 Å². The van der Waals surface area contributed by atoms with Gasteiger partial charge in [-0.1, -0.05) is 0 Å². The molecule has 1 saturated heterocycles. The minimum absolute atomic E-state index is 0.0469. The molecule has 0 atom stereocenters. The van der Waals surface area contributed by atoms with Gasteiger partial charge in [0.15, 0.2) is 17.3 Å². The van der Waals surface area contributed by atoms with Gasteiger partial charge in [-0.15, -0.1) is 5.10 Å². The lowest BCUT2D eigenvalue weighted by atomic mass is 10.1. The van der Waals surface area contributed by atoms with Gasteiger partial charge in [0.25, 0.3) is 6.43 Å². The number of hydrogen-bond acceptors (Lipinski definition) is 9. The summed E-state index contributed by atoms with van der Waals surface area (Å²) in [5, 5.41) is 25.0. The lowest BCUT2D eigenvalue weighted by Gasteiger charge is -2.25. The molecule has 1 fully saturated rings. The van der Waals surface area contributed by atoms with Crippen LogP contribution in [0.25, 0.3) is 22.7 Å². The van der Waals surface area contributed by atoms with Crippen LogP contribution in [0.15, 0.2) is 48.8 Å². The number of rotatable bonds is 7. The van der Waals surface area contributed by atoms with Gasteiger partial charge in [-0.2, -0.15) is 15.5 Å². The predicted molar refractivity (Wildman–Crippen MR) is 145 cm³/mol. The van der Waals surface area contributed by atoms with Gasteiger partial charge in [0, 0.05) is 24.6 Å². The molecule has 41 heavy (non-hydrogen) atoms. The number of nitrogens with one attached hydrogen (secondary N) is 1. The first-order chi connectivity index (χ1) is 19.9. The van der Waals surface area contributed by atoms with E-state index in [0.717, 1.165) is 18.5 Å². The van der Waals surface area contributed by atoms with E-state index >= 15 is 0 Å². The third-order valence-electron chi connectivity index (χ3n) is 6.75. The van der Waals surface area contributed by atoms with E-state index in [2.05, 4.69) is 30.6 Å². The van der Waals surface area contributed by atoms with Gasteiger partial charge in [0.1, 0.15) is 30.1 Å². The molecule has 6 rings (SSSR count). The molecule has 11 nitrogen and oxygen atoms in total. The maximum atomic E-state index is 14.0. The minimum Gasteiger partial charge on any atom is -0.488 e. The van der Waals surface area contributed by atoms with E-state index in [0.29, 0.717) is 53.0 Å². The Balaban J connectivity index is 1.45. The zero-order valence-corrected chi connectivity index (χ0v) is 22.3. The third-order valence-corrected chi connectivity index (χ3v) is 6.75. The van der Waals surface area contributed by atoms with Crippen LogP contribution in [0.5, 0.6) is 5.75 Å². The Morgan fingerprint density at radius 2 is 1.93 bits per heavy atom. The highest BCUT2D eigenvalue weighted by molar-refractivity contribution is 5.86. The number of alkyl halides is 2. The van der Waals surface area contributed by atoms with E-state index in [4.69, 9.17) is 9.47 Å². The van der Waals surface area contributed by atoms with E-state index in [-0.39, 0.29) is 23.2 Å². The number of hydrogen-bond donors (Lipinski definition) is 1. The average molecular weight is 558 g/mol. The molecule has 0 bridgehead atoms. The lowest BCUT2D eigenvalue weighted by Crippen LogP contribution is -2.26. The van der Waals surface area contributed by atoms with E-state index < -0.39 is 6.43 Å². The first-order valence-corrected chi connectivity index (χ1v) is 13.0. The normalized spacial score (nSPS) is 14.0. The monoisotopic (exact) mass is 557 g/mol. The summed E-state index contributed by atoms with van der Waals surface area (Å²) in [6.45, 7) is 4.76. The van der Waals surface area contributed by atoms with Crippen LogP contribution in [0.2, 0.25) is 0 Å². The summed E-state index contributed by atoms with van der Waals surface area (Å²) < 4.78 is 42.8. The van der Waals surface area contributed by atoms with Gasteiger partial charge in [-0.25, -0.2) is 23.4 Å². The quantitative estimate of drug-likeness (QED) is 0.290. The highest BCUT2D eigenvalue weighted by atomic mass is 19.3. The number of nitriles is 1.